The number of nitrogens with zero attached hydrogens (tertiary/aromatic N) is 4. The number of aromatic nitrogens is 6. The third kappa shape index (κ3) is 3.77. The first-order chi connectivity index (χ1) is 16.7. The zero-order valence-corrected chi connectivity index (χ0v) is 18.0. The van der Waals surface area contributed by atoms with E-state index < -0.39 is 0 Å². The Bertz CT molecular complexity index is 1600. The maximum absolute atomic E-state index is 12.5. The number of carbonyl (C=O) groups excluding carboxylic acids is 1. The van der Waals surface area contributed by atoms with Crippen molar-refractivity contribution < 1.29 is 4.79 Å². The van der Waals surface area contributed by atoms with E-state index in [1.165, 1.54) is 0 Å². The van der Waals surface area contributed by atoms with Gasteiger partial charge in [-0.2, -0.15) is 5.10 Å². The highest BCUT2D eigenvalue weighted by atomic mass is 16.1. The Morgan fingerprint density at radius 1 is 0.912 bits per heavy atom. The van der Waals surface area contributed by atoms with Crippen LogP contribution >= 0.6 is 0 Å². The van der Waals surface area contributed by atoms with Crippen LogP contribution in [0.1, 0.15) is 5.56 Å². The van der Waals surface area contributed by atoms with Gasteiger partial charge in [0.15, 0.2) is 0 Å². The zero-order chi connectivity index (χ0) is 22.9. The van der Waals surface area contributed by atoms with E-state index >= 15 is 0 Å². The molecule has 0 aliphatic heterocycles. The van der Waals surface area contributed by atoms with Gasteiger partial charge in [0.25, 0.3) is 0 Å². The van der Waals surface area contributed by atoms with Gasteiger partial charge in [-0.05, 0) is 35.9 Å². The molecule has 0 saturated heterocycles. The molecule has 0 atom stereocenters. The summed E-state index contributed by atoms with van der Waals surface area (Å²) in [5, 5.41) is 11.4. The topological polar surface area (TPSA) is 112 Å². The summed E-state index contributed by atoms with van der Waals surface area (Å²) in [6.45, 7) is 0. The van der Waals surface area contributed by atoms with Crippen LogP contribution < -0.4 is 5.32 Å². The Morgan fingerprint density at radius 3 is 2.71 bits per heavy atom. The number of hydrogen-bond acceptors (Lipinski definition) is 5. The maximum Gasteiger partial charge on any atom is 0.228 e. The van der Waals surface area contributed by atoms with E-state index in [0.29, 0.717) is 12.1 Å². The Hall–Kier alpha value is -4.85. The largest absolute Gasteiger partial charge is 0.352 e. The SMILES string of the molecule is O=C(Cc1ccccc1)Nc1cncc(-c2cc3c(-c4cc5ncccc5[nH]4)n[nH]c3cn2)c1. The number of fused-ring (bicyclic) bond motifs is 2. The number of carbonyl (C=O) groups is 1. The molecule has 1 amide bonds. The van der Waals surface area contributed by atoms with E-state index in [1.807, 2.05) is 60.7 Å². The fourth-order valence-electron chi connectivity index (χ4n) is 4.00. The van der Waals surface area contributed by atoms with E-state index in [1.54, 1.807) is 24.8 Å². The number of rotatable bonds is 5. The van der Waals surface area contributed by atoms with E-state index in [4.69, 9.17) is 0 Å². The number of pyridine rings is 3. The smallest absolute Gasteiger partial charge is 0.228 e. The molecule has 0 radical (unpaired) electrons. The lowest BCUT2D eigenvalue weighted by Crippen LogP contribution is -2.14. The van der Waals surface area contributed by atoms with Crippen LogP contribution in [-0.2, 0) is 11.2 Å². The summed E-state index contributed by atoms with van der Waals surface area (Å²) in [5.74, 6) is -0.0990. The molecule has 8 heteroatoms. The molecule has 8 nitrogen and oxygen atoms in total. The fourth-order valence-corrected chi connectivity index (χ4v) is 4.00. The second-order valence-corrected chi connectivity index (χ2v) is 7.98. The molecule has 0 aliphatic rings. The van der Waals surface area contributed by atoms with Gasteiger partial charge in [0.1, 0.15) is 5.69 Å². The van der Waals surface area contributed by atoms with Gasteiger partial charge >= 0.3 is 0 Å². The van der Waals surface area contributed by atoms with Crippen molar-refractivity contribution in [2.75, 3.05) is 5.32 Å². The zero-order valence-electron chi connectivity index (χ0n) is 18.0. The van der Waals surface area contributed by atoms with Crippen LogP contribution in [0.2, 0.25) is 0 Å². The minimum absolute atomic E-state index is 0.0990. The molecule has 0 spiro atoms. The maximum atomic E-state index is 12.5. The van der Waals surface area contributed by atoms with Gasteiger partial charge in [0.2, 0.25) is 5.91 Å². The number of H-pyrrole nitrogens is 2. The number of benzene rings is 1. The minimum Gasteiger partial charge on any atom is -0.352 e. The van der Waals surface area contributed by atoms with Crippen molar-refractivity contribution in [2.45, 2.75) is 6.42 Å². The predicted molar refractivity (Wildman–Crippen MR) is 131 cm³/mol. The Labute approximate surface area is 194 Å². The van der Waals surface area contributed by atoms with Crippen LogP contribution in [-0.4, -0.2) is 36.0 Å². The van der Waals surface area contributed by atoms with Crippen molar-refractivity contribution in [2.24, 2.45) is 0 Å². The number of amides is 1. The molecule has 0 fully saturated rings. The first-order valence-electron chi connectivity index (χ1n) is 10.8. The molecule has 0 unspecified atom stereocenters. The highest BCUT2D eigenvalue weighted by Crippen LogP contribution is 2.30. The minimum atomic E-state index is -0.0990. The summed E-state index contributed by atoms with van der Waals surface area (Å²) in [4.78, 5) is 29.1. The van der Waals surface area contributed by atoms with Gasteiger partial charge in [0.05, 0.1) is 52.4 Å². The van der Waals surface area contributed by atoms with Gasteiger partial charge in [0, 0.05) is 23.3 Å². The van der Waals surface area contributed by atoms with Crippen molar-refractivity contribution in [3.63, 3.8) is 0 Å². The average Bonchev–Trinajstić information content (AvgIpc) is 3.48. The molecular formula is C26H19N7O. The summed E-state index contributed by atoms with van der Waals surface area (Å²) in [6.07, 6.45) is 7.18. The Balaban J connectivity index is 1.30. The number of aromatic amines is 2. The van der Waals surface area contributed by atoms with E-state index in [0.717, 1.165) is 50.1 Å². The lowest BCUT2D eigenvalue weighted by Gasteiger charge is -2.07. The van der Waals surface area contributed by atoms with E-state index in [2.05, 4.69) is 35.5 Å². The molecule has 6 rings (SSSR count). The molecule has 164 valence electrons. The normalized spacial score (nSPS) is 11.2. The molecule has 34 heavy (non-hydrogen) atoms. The standard InChI is InChI=1S/C26H19N7O/c34-25(9-16-5-2-1-3-6-16)30-18-10-17(13-27-14-18)21-11-19-24(15-29-21)32-33-26(19)23-12-22-20(31-23)7-4-8-28-22/h1-8,10-15,31H,9H2,(H,30,34)(H,32,33). The van der Waals surface area contributed by atoms with Crippen molar-refractivity contribution in [1.82, 2.24) is 30.1 Å². The Kier molecular flexibility index (Phi) is 4.81. The van der Waals surface area contributed by atoms with Crippen LogP contribution in [0.25, 0.3) is 44.6 Å². The third-order valence-corrected chi connectivity index (χ3v) is 5.62. The molecular weight excluding hydrogens is 426 g/mol. The third-order valence-electron chi connectivity index (χ3n) is 5.62. The summed E-state index contributed by atoms with van der Waals surface area (Å²) >= 11 is 0. The molecule has 0 saturated carbocycles. The summed E-state index contributed by atoms with van der Waals surface area (Å²) in [6, 6.07) is 19.3. The number of anilines is 1. The second-order valence-electron chi connectivity index (χ2n) is 7.98. The lowest BCUT2D eigenvalue weighted by atomic mass is 10.1. The quantitative estimate of drug-likeness (QED) is 0.355. The first kappa shape index (κ1) is 19.8. The van der Waals surface area contributed by atoms with Gasteiger partial charge in [-0.15, -0.1) is 0 Å². The number of nitrogens with one attached hydrogen (secondary N) is 3. The van der Waals surface area contributed by atoms with Crippen LogP contribution in [0, 0.1) is 0 Å². The summed E-state index contributed by atoms with van der Waals surface area (Å²) in [7, 11) is 0. The van der Waals surface area contributed by atoms with Gasteiger partial charge in [-0.25, -0.2) is 0 Å². The van der Waals surface area contributed by atoms with E-state index in [9.17, 15) is 4.79 Å². The van der Waals surface area contributed by atoms with Crippen LogP contribution in [0.15, 0.2) is 85.5 Å². The molecule has 3 N–H and O–H groups in total. The second kappa shape index (κ2) is 8.25. The molecule has 5 heterocycles. The number of hydrogen-bond donors (Lipinski definition) is 3. The Morgan fingerprint density at radius 2 is 1.82 bits per heavy atom. The highest BCUT2D eigenvalue weighted by molar-refractivity contribution is 5.96. The van der Waals surface area contributed by atoms with Crippen molar-refractivity contribution in [3.05, 3.63) is 91.0 Å². The van der Waals surface area contributed by atoms with Gasteiger partial charge in [-0.1, -0.05) is 30.3 Å². The molecule has 0 aliphatic carbocycles. The fraction of sp³-hybridized carbons (Fsp3) is 0.0385. The molecule has 6 aromatic rings. The van der Waals surface area contributed by atoms with Crippen molar-refractivity contribution in [3.8, 4) is 22.6 Å². The first-order valence-corrected chi connectivity index (χ1v) is 10.8. The van der Waals surface area contributed by atoms with Crippen molar-refractivity contribution in [1.29, 1.82) is 0 Å². The highest BCUT2D eigenvalue weighted by Gasteiger charge is 2.14. The molecule has 0 bridgehead atoms. The van der Waals surface area contributed by atoms with Gasteiger partial charge < -0.3 is 10.3 Å². The average molecular weight is 445 g/mol. The van der Waals surface area contributed by atoms with Crippen LogP contribution in [0.5, 0.6) is 0 Å². The van der Waals surface area contributed by atoms with Crippen LogP contribution in [0.3, 0.4) is 0 Å². The van der Waals surface area contributed by atoms with Crippen LogP contribution in [0.4, 0.5) is 5.69 Å². The predicted octanol–water partition coefficient (Wildman–Crippen LogP) is 4.74. The summed E-state index contributed by atoms with van der Waals surface area (Å²) < 4.78 is 0. The van der Waals surface area contributed by atoms with Gasteiger partial charge in [-0.3, -0.25) is 24.8 Å². The summed E-state index contributed by atoms with van der Waals surface area (Å²) in [5.41, 5.74) is 7.42. The lowest BCUT2D eigenvalue weighted by molar-refractivity contribution is -0.115. The molecule has 1 aromatic carbocycles. The molecule has 5 aromatic heterocycles. The van der Waals surface area contributed by atoms with Crippen molar-refractivity contribution >= 4 is 33.5 Å². The van der Waals surface area contributed by atoms with E-state index in [-0.39, 0.29) is 5.91 Å². The monoisotopic (exact) mass is 445 g/mol.